The SMILES string of the molecule is COC(=O)c1cc(S(=O)(=O)NC2CCCCCC2)c[nH]1. The van der Waals surface area contributed by atoms with Crippen LogP contribution in [-0.2, 0) is 14.8 Å². The summed E-state index contributed by atoms with van der Waals surface area (Å²) in [4.78, 5) is 14.0. The summed E-state index contributed by atoms with van der Waals surface area (Å²) in [5, 5.41) is 0. The number of sulfonamides is 1. The van der Waals surface area contributed by atoms with Crippen LogP contribution in [0.1, 0.15) is 49.0 Å². The van der Waals surface area contributed by atoms with E-state index < -0.39 is 16.0 Å². The van der Waals surface area contributed by atoms with Crippen molar-refractivity contribution < 1.29 is 17.9 Å². The van der Waals surface area contributed by atoms with Crippen molar-refractivity contribution in [2.24, 2.45) is 0 Å². The van der Waals surface area contributed by atoms with Crippen LogP contribution in [0.25, 0.3) is 0 Å². The van der Waals surface area contributed by atoms with Crippen LogP contribution < -0.4 is 4.72 Å². The third-order valence-electron chi connectivity index (χ3n) is 3.55. The molecule has 0 saturated heterocycles. The van der Waals surface area contributed by atoms with Gasteiger partial charge in [-0.15, -0.1) is 0 Å². The van der Waals surface area contributed by atoms with Crippen LogP contribution in [0, 0.1) is 0 Å². The van der Waals surface area contributed by atoms with Crippen molar-refractivity contribution in [1.29, 1.82) is 0 Å². The van der Waals surface area contributed by atoms with Crippen molar-refractivity contribution in [3.05, 3.63) is 18.0 Å². The van der Waals surface area contributed by atoms with Gasteiger partial charge in [0.05, 0.1) is 7.11 Å². The number of carbonyl (C=O) groups is 1. The van der Waals surface area contributed by atoms with Crippen molar-refractivity contribution in [1.82, 2.24) is 9.71 Å². The maximum Gasteiger partial charge on any atom is 0.354 e. The molecule has 0 spiro atoms. The second-order valence-corrected chi connectivity index (χ2v) is 6.76. The molecule has 0 unspecified atom stereocenters. The van der Waals surface area contributed by atoms with Gasteiger partial charge in [0.15, 0.2) is 0 Å². The van der Waals surface area contributed by atoms with Crippen LogP contribution in [0.2, 0.25) is 0 Å². The highest BCUT2D eigenvalue weighted by Gasteiger charge is 2.23. The molecule has 0 amide bonds. The minimum atomic E-state index is -3.59. The van der Waals surface area contributed by atoms with Gasteiger partial charge < -0.3 is 9.72 Å². The molecular weight excluding hydrogens is 280 g/mol. The molecule has 0 atom stereocenters. The van der Waals surface area contributed by atoms with Crippen molar-refractivity contribution >= 4 is 16.0 Å². The summed E-state index contributed by atoms with van der Waals surface area (Å²) in [6.07, 6.45) is 7.47. The Kier molecular flexibility index (Phi) is 4.82. The number of carbonyl (C=O) groups excluding carboxylic acids is 1. The molecule has 1 saturated carbocycles. The maximum atomic E-state index is 12.3. The zero-order chi connectivity index (χ0) is 14.6. The van der Waals surface area contributed by atoms with Gasteiger partial charge in [-0.05, 0) is 18.9 Å². The van der Waals surface area contributed by atoms with Crippen molar-refractivity contribution in [2.45, 2.75) is 49.5 Å². The number of methoxy groups -OCH3 is 1. The number of hydrogen-bond acceptors (Lipinski definition) is 4. The highest BCUT2D eigenvalue weighted by Crippen LogP contribution is 2.20. The standard InChI is InChI=1S/C13H20N2O4S/c1-19-13(16)12-8-11(9-14-12)20(17,18)15-10-6-4-2-3-5-7-10/h8-10,14-15H,2-7H2,1H3. The van der Waals surface area contributed by atoms with Crippen LogP contribution in [0.4, 0.5) is 0 Å². The van der Waals surface area contributed by atoms with Gasteiger partial charge in [-0.3, -0.25) is 0 Å². The van der Waals surface area contributed by atoms with Gasteiger partial charge in [-0.1, -0.05) is 25.7 Å². The van der Waals surface area contributed by atoms with E-state index in [1.807, 2.05) is 0 Å². The monoisotopic (exact) mass is 300 g/mol. The number of nitrogens with one attached hydrogen (secondary N) is 2. The van der Waals surface area contributed by atoms with E-state index >= 15 is 0 Å². The first kappa shape index (κ1) is 15.1. The molecule has 2 N–H and O–H groups in total. The van der Waals surface area contributed by atoms with Gasteiger partial charge >= 0.3 is 5.97 Å². The molecule has 20 heavy (non-hydrogen) atoms. The lowest BCUT2D eigenvalue weighted by atomic mass is 10.1. The smallest absolute Gasteiger partial charge is 0.354 e. The minimum Gasteiger partial charge on any atom is -0.464 e. The predicted molar refractivity (Wildman–Crippen MR) is 73.9 cm³/mol. The minimum absolute atomic E-state index is 0.0148. The Labute approximate surface area is 119 Å². The fourth-order valence-electron chi connectivity index (χ4n) is 2.44. The van der Waals surface area contributed by atoms with Crippen molar-refractivity contribution in [3.63, 3.8) is 0 Å². The molecule has 1 aromatic rings. The summed E-state index contributed by atoms with van der Waals surface area (Å²) in [6.45, 7) is 0. The molecule has 1 heterocycles. The van der Waals surface area contributed by atoms with E-state index in [1.54, 1.807) is 0 Å². The number of ether oxygens (including phenoxy) is 1. The van der Waals surface area contributed by atoms with Gasteiger partial charge in [-0.25, -0.2) is 17.9 Å². The first-order chi connectivity index (χ1) is 9.53. The lowest BCUT2D eigenvalue weighted by molar-refractivity contribution is 0.0595. The molecule has 1 fully saturated rings. The summed E-state index contributed by atoms with van der Waals surface area (Å²) < 4.78 is 31.8. The van der Waals surface area contributed by atoms with Gasteiger partial charge in [0.25, 0.3) is 0 Å². The van der Waals surface area contributed by atoms with Gasteiger partial charge in [0, 0.05) is 12.2 Å². The first-order valence-electron chi connectivity index (χ1n) is 6.82. The van der Waals surface area contributed by atoms with Crippen LogP contribution >= 0.6 is 0 Å². The second-order valence-electron chi connectivity index (χ2n) is 5.05. The van der Waals surface area contributed by atoms with E-state index in [1.165, 1.54) is 19.4 Å². The Morgan fingerprint density at radius 3 is 2.55 bits per heavy atom. The molecule has 1 aromatic heterocycles. The van der Waals surface area contributed by atoms with Crippen molar-refractivity contribution in [2.75, 3.05) is 7.11 Å². The second kappa shape index (κ2) is 6.41. The number of hydrogen-bond donors (Lipinski definition) is 2. The quantitative estimate of drug-likeness (QED) is 0.655. The first-order valence-corrected chi connectivity index (χ1v) is 8.30. The number of esters is 1. The molecule has 0 aliphatic heterocycles. The fraction of sp³-hybridized carbons (Fsp3) is 0.615. The van der Waals surface area contributed by atoms with Gasteiger partial charge in [-0.2, -0.15) is 0 Å². The number of aromatic nitrogens is 1. The lowest BCUT2D eigenvalue weighted by Crippen LogP contribution is -2.34. The van der Waals surface area contributed by atoms with E-state index in [-0.39, 0.29) is 16.6 Å². The molecule has 112 valence electrons. The number of aromatic amines is 1. The largest absolute Gasteiger partial charge is 0.464 e. The fourth-order valence-corrected chi connectivity index (χ4v) is 3.74. The molecule has 7 heteroatoms. The Hall–Kier alpha value is -1.34. The number of rotatable bonds is 4. The summed E-state index contributed by atoms with van der Waals surface area (Å²) in [5.41, 5.74) is 0.133. The maximum absolute atomic E-state index is 12.3. The molecule has 1 aliphatic rings. The Morgan fingerprint density at radius 1 is 1.30 bits per heavy atom. The van der Waals surface area contributed by atoms with Crippen LogP contribution in [0.15, 0.2) is 17.2 Å². The summed E-state index contributed by atoms with van der Waals surface area (Å²) >= 11 is 0. The van der Waals surface area contributed by atoms with Crippen LogP contribution in [0.3, 0.4) is 0 Å². The molecule has 2 rings (SSSR count). The van der Waals surface area contributed by atoms with E-state index in [2.05, 4.69) is 14.4 Å². The summed E-state index contributed by atoms with van der Waals surface area (Å²) in [5.74, 6) is -0.582. The van der Waals surface area contributed by atoms with Crippen LogP contribution in [0.5, 0.6) is 0 Å². The normalized spacial score (nSPS) is 17.6. The van der Waals surface area contributed by atoms with E-state index in [0.29, 0.717) is 0 Å². The molecule has 6 nitrogen and oxygen atoms in total. The van der Waals surface area contributed by atoms with E-state index in [9.17, 15) is 13.2 Å². The molecule has 0 radical (unpaired) electrons. The molecule has 0 bridgehead atoms. The average molecular weight is 300 g/mol. The van der Waals surface area contributed by atoms with E-state index in [4.69, 9.17) is 0 Å². The Balaban J connectivity index is 2.09. The highest BCUT2D eigenvalue weighted by atomic mass is 32.2. The van der Waals surface area contributed by atoms with Crippen LogP contribution in [-0.4, -0.2) is 32.5 Å². The topological polar surface area (TPSA) is 88.3 Å². The zero-order valence-electron chi connectivity index (χ0n) is 11.5. The molecular formula is C13H20N2O4S. The Bertz CT molecular complexity index is 557. The average Bonchev–Trinajstić information content (AvgIpc) is 2.79. The molecule has 1 aliphatic carbocycles. The third kappa shape index (κ3) is 3.61. The lowest BCUT2D eigenvalue weighted by Gasteiger charge is -2.15. The summed E-state index contributed by atoms with van der Waals surface area (Å²) in [6, 6.07) is 1.28. The van der Waals surface area contributed by atoms with E-state index in [0.717, 1.165) is 38.5 Å². The number of H-pyrrole nitrogens is 1. The summed E-state index contributed by atoms with van der Waals surface area (Å²) in [7, 11) is -2.33. The molecule has 0 aromatic carbocycles. The third-order valence-corrected chi connectivity index (χ3v) is 5.05. The zero-order valence-corrected chi connectivity index (χ0v) is 12.3. The highest BCUT2D eigenvalue weighted by molar-refractivity contribution is 7.89. The van der Waals surface area contributed by atoms with Gasteiger partial charge in [0.1, 0.15) is 10.6 Å². The van der Waals surface area contributed by atoms with Gasteiger partial charge in [0.2, 0.25) is 10.0 Å². The Morgan fingerprint density at radius 2 is 1.95 bits per heavy atom. The predicted octanol–water partition coefficient (Wildman–Crippen LogP) is 1.80. The van der Waals surface area contributed by atoms with Crippen molar-refractivity contribution in [3.8, 4) is 0 Å².